The molecular formula is C41H27NO4. The van der Waals surface area contributed by atoms with E-state index in [0.29, 0.717) is 11.1 Å². The van der Waals surface area contributed by atoms with Crippen LogP contribution in [0, 0.1) is 0 Å². The zero-order valence-electron chi connectivity index (χ0n) is 25.2. The summed E-state index contributed by atoms with van der Waals surface area (Å²) in [5, 5.41) is 4.62. The third-order valence-corrected chi connectivity index (χ3v) is 9.50. The second kappa shape index (κ2) is 9.53. The van der Waals surface area contributed by atoms with Gasteiger partial charge in [0.25, 0.3) is 0 Å². The number of nitrogens with zero attached hydrogens (tertiary/aromatic N) is 1. The zero-order valence-corrected chi connectivity index (χ0v) is 25.2. The van der Waals surface area contributed by atoms with Crippen molar-refractivity contribution in [3.05, 3.63) is 161 Å². The first-order valence-corrected chi connectivity index (χ1v) is 15.4. The Balaban J connectivity index is 1.30. The number of hydrogen-bond acceptors (Lipinski definition) is 5. The molecule has 0 saturated carbocycles. The third-order valence-electron chi connectivity index (χ3n) is 9.50. The van der Waals surface area contributed by atoms with Gasteiger partial charge in [-0.25, -0.2) is 9.59 Å². The maximum Gasteiger partial charge on any atom is 0.348 e. The van der Waals surface area contributed by atoms with Gasteiger partial charge in [-0.3, -0.25) is 0 Å². The van der Waals surface area contributed by atoms with Gasteiger partial charge in [-0.15, -0.1) is 0 Å². The summed E-state index contributed by atoms with van der Waals surface area (Å²) in [4.78, 5) is 28.9. The molecule has 0 aromatic heterocycles. The van der Waals surface area contributed by atoms with E-state index < -0.39 is 17.4 Å². The molecule has 0 atom stereocenters. The Morgan fingerprint density at radius 1 is 0.522 bits per heavy atom. The number of esters is 2. The molecule has 0 spiro atoms. The first-order chi connectivity index (χ1) is 22.4. The summed E-state index contributed by atoms with van der Waals surface area (Å²) in [7, 11) is 0. The van der Waals surface area contributed by atoms with Gasteiger partial charge in [-0.05, 0) is 57.3 Å². The van der Waals surface area contributed by atoms with Crippen LogP contribution in [0.3, 0.4) is 0 Å². The molecule has 6 aromatic rings. The van der Waals surface area contributed by atoms with Crippen LogP contribution in [0.4, 0.5) is 17.1 Å². The highest BCUT2D eigenvalue weighted by atomic mass is 16.6. The molecule has 46 heavy (non-hydrogen) atoms. The number of carbonyl (C=O) groups is 2. The average molecular weight is 598 g/mol. The molecule has 5 heteroatoms. The Morgan fingerprint density at radius 2 is 1.07 bits per heavy atom. The number of carbonyl (C=O) groups excluding carboxylic acids is 2. The van der Waals surface area contributed by atoms with E-state index in [0.717, 1.165) is 44.2 Å². The van der Waals surface area contributed by atoms with Gasteiger partial charge < -0.3 is 14.4 Å². The Kier molecular flexibility index (Phi) is 5.48. The third kappa shape index (κ3) is 3.63. The topological polar surface area (TPSA) is 55.8 Å². The van der Waals surface area contributed by atoms with Crippen LogP contribution in [-0.4, -0.2) is 11.9 Å². The predicted octanol–water partition coefficient (Wildman–Crippen LogP) is 9.34. The maximum atomic E-state index is 13.5. The molecule has 0 N–H and O–H groups in total. The first-order valence-electron chi connectivity index (χ1n) is 15.4. The van der Waals surface area contributed by atoms with Crippen LogP contribution < -0.4 is 4.90 Å². The molecule has 0 radical (unpaired) electrons. The highest BCUT2D eigenvalue weighted by molar-refractivity contribution is 6.29. The van der Waals surface area contributed by atoms with Gasteiger partial charge in [-0.1, -0.05) is 117 Å². The SMILES string of the molecule is CC1(C)c2ccccc2N(c2c3ccccc3cc3ccccc23)c2ccc(C3=C4OC(=O)C(c5ccccc5)=C4OC3=O)cc21. The minimum absolute atomic E-state index is 0.180. The Morgan fingerprint density at radius 3 is 1.74 bits per heavy atom. The fraction of sp³-hybridized carbons (Fsp3) is 0.0732. The van der Waals surface area contributed by atoms with Crippen molar-refractivity contribution in [3.63, 3.8) is 0 Å². The van der Waals surface area contributed by atoms with E-state index in [1.54, 1.807) is 0 Å². The van der Waals surface area contributed by atoms with Gasteiger partial charge in [-0.2, -0.15) is 0 Å². The zero-order chi connectivity index (χ0) is 31.2. The number of hydrogen-bond donors (Lipinski definition) is 0. The molecular weight excluding hydrogens is 570 g/mol. The van der Waals surface area contributed by atoms with E-state index in [4.69, 9.17) is 9.47 Å². The lowest BCUT2D eigenvalue weighted by Gasteiger charge is -2.43. The van der Waals surface area contributed by atoms with Crippen LogP contribution in [-0.2, 0) is 24.5 Å². The standard InChI is InChI=1S/C41H27NO4/c1-41(2)30-18-10-11-19-32(30)42(36-28-16-8-6-14-25(28)22-26-15-7-9-17-29(26)36)33-21-20-27(23-31(33)41)35-38-37(45-40(35)44)34(39(43)46-38)24-12-4-3-5-13-24/h3-23H,1-2H3. The lowest BCUT2D eigenvalue weighted by atomic mass is 9.72. The van der Waals surface area contributed by atoms with Gasteiger partial charge >= 0.3 is 11.9 Å². The fourth-order valence-corrected chi connectivity index (χ4v) is 7.33. The van der Waals surface area contributed by atoms with E-state index >= 15 is 0 Å². The first kappa shape index (κ1) is 26.5. The Labute approximate surface area is 265 Å². The lowest BCUT2D eigenvalue weighted by molar-refractivity contribution is -0.131. The minimum atomic E-state index is -0.531. The molecule has 3 aliphatic heterocycles. The Bertz CT molecular complexity index is 2330. The lowest BCUT2D eigenvalue weighted by Crippen LogP contribution is -2.31. The van der Waals surface area contributed by atoms with Crippen LogP contribution >= 0.6 is 0 Å². The average Bonchev–Trinajstić information content (AvgIpc) is 3.56. The van der Waals surface area contributed by atoms with Crippen molar-refractivity contribution in [1.29, 1.82) is 0 Å². The highest BCUT2D eigenvalue weighted by Crippen LogP contribution is 2.55. The van der Waals surface area contributed by atoms with E-state index in [1.807, 2.05) is 36.4 Å². The smallest absolute Gasteiger partial charge is 0.348 e. The highest BCUT2D eigenvalue weighted by Gasteiger charge is 2.45. The van der Waals surface area contributed by atoms with E-state index in [2.05, 4.69) is 110 Å². The molecule has 0 bridgehead atoms. The van der Waals surface area contributed by atoms with Gasteiger partial charge in [0, 0.05) is 16.2 Å². The summed E-state index contributed by atoms with van der Waals surface area (Å²) in [6.45, 7) is 4.43. The van der Waals surface area contributed by atoms with Crippen molar-refractivity contribution in [3.8, 4) is 0 Å². The summed E-state index contributed by atoms with van der Waals surface area (Å²) >= 11 is 0. The molecule has 6 aromatic carbocycles. The van der Waals surface area contributed by atoms with E-state index in [9.17, 15) is 9.59 Å². The van der Waals surface area contributed by atoms with Crippen molar-refractivity contribution in [2.75, 3.05) is 4.90 Å². The van der Waals surface area contributed by atoms with Crippen LogP contribution in [0.5, 0.6) is 0 Å². The van der Waals surface area contributed by atoms with Crippen LogP contribution in [0.15, 0.2) is 139 Å². The van der Waals surface area contributed by atoms with Crippen LogP contribution in [0.1, 0.15) is 36.1 Å². The molecule has 9 rings (SSSR count). The summed E-state index contributed by atoms with van der Waals surface area (Å²) in [5.74, 6) is -0.693. The normalized spacial score (nSPS) is 16.4. The van der Waals surface area contributed by atoms with Crippen LogP contribution in [0.25, 0.3) is 32.7 Å². The van der Waals surface area contributed by atoms with Gasteiger partial charge in [0.15, 0.2) is 11.5 Å². The molecule has 5 nitrogen and oxygen atoms in total. The quantitative estimate of drug-likeness (QED) is 0.150. The molecule has 0 saturated heterocycles. The van der Waals surface area contributed by atoms with Gasteiger partial charge in [0.1, 0.15) is 11.1 Å². The second-order valence-electron chi connectivity index (χ2n) is 12.4. The molecule has 0 aliphatic carbocycles. The van der Waals surface area contributed by atoms with Gasteiger partial charge in [0.05, 0.1) is 17.1 Å². The molecule has 0 unspecified atom stereocenters. The Hall–Kier alpha value is -5.94. The number of benzene rings is 6. The van der Waals surface area contributed by atoms with Crippen molar-refractivity contribution >= 4 is 61.7 Å². The number of para-hydroxylation sites is 1. The summed E-state index contributed by atoms with van der Waals surface area (Å²) in [5.41, 5.74) is 6.86. The number of anilines is 3. The fourth-order valence-electron chi connectivity index (χ4n) is 7.33. The number of ether oxygens (including phenoxy) is 2. The van der Waals surface area contributed by atoms with E-state index in [1.165, 1.54) is 5.56 Å². The summed E-state index contributed by atoms with van der Waals surface area (Å²) < 4.78 is 11.5. The second-order valence-corrected chi connectivity index (χ2v) is 12.4. The number of rotatable bonds is 3. The van der Waals surface area contributed by atoms with Crippen molar-refractivity contribution in [2.24, 2.45) is 0 Å². The van der Waals surface area contributed by atoms with Crippen molar-refractivity contribution < 1.29 is 19.1 Å². The van der Waals surface area contributed by atoms with E-state index in [-0.39, 0.29) is 22.7 Å². The maximum absolute atomic E-state index is 13.5. The predicted molar refractivity (Wildman–Crippen MR) is 181 cm³/mol. The summed E-state index contributed by atoms with van der Waals surface area (Å²) in [6, 6.07) is 43.0. The molecule has 0 amide bonds. The molecule has 220 valence electrons. The van der Waals surface area contributed by atoms with Crippen LogP contribution in [0.2, 0.25) is 0 Å². The summed E-state index contributed by atoms with van der Waals surface area (Å²) in [6.07, 6.45) is 0. The number of fused-ring (bicyclic) bond motifs is 5. The van der Waals surface area contributed by atoms with Crippen molar-refractivity contribution in [2.45, 2.75) is 19.3 Å². The van der Waals surface area contributed by atoms with Gasteiger partial charge in [0.2, 0.25) is 0 Å². The molecule has 3 aliphatic rings. The monoisotopic (exact) mass is 597 g/mol. The minimum Gasteiger partial charge on any atom is -0.418 e. The molecule has 0 fully saturated rings. The largest absolute Gasteiger partial charge is 0.418 e. The molecule has 3 heterocycles. The van der Waals surface area contributed by atoms with Crippen molar-refractivity contribution in [1.82, 2.24) is 0 Å².